The number of nitriles is 1. The SMILES string of the molecule is CCOC(=O)c1c(C)[nH]c(C(=O)C(C#N)=Cc2cc(F)ccc2F)c1C. The molecule has 1 aromatic carbocycles. The zero-order valence-electron chi connectivity index (χ0n) is 14.4. The Bertz CT molecular complexity index is 952. The van der Waals surface area contributed by atoms with E-state index in [0.29, 0.717) is 11.3 Å². The van der Waals surface area contributed by atoms with Gasteiger partial charge in [-0.2, -0.15) is 5.26 Å². The van der Waals surface area contributed by atoms with Gasteiger partial charge in [-0.3, -0.25) is 4.79 Å². The molecule has 2 aromatic rings. The number of nitrogens with one attached hydrogen (secondary N) is 1. The summed E-state index contributed by atoms with van der Waals surface area (Å²) in [5.41, 5.74) is 0.362. The number of aromatic amines is 1. The number of carbonyl (C=O) groups excluding carboxylic acids is 2. The zero-order chi connectivity index (χ0) is 19.4. The van der Waals surface area contributed by atoms with Crippen molar-refractivity contribution >= 4 is 17.8 Å². The summed E-state index contributed by atoms with van der Waals surface area (Å²) in [6, 6.07) is 4.42. The molecule has 26 heavy (non-hydrogen) atoms. The summed E-state index contributed by atoms with van der Waals surface area (Å²) in [5.74, 6) is -2.78. The summed E-state index contributed by atoms with van der Waals surface area (Å²) in [6.45, 7) is 4.97. The maximum atomic E-state index is 13.8. The lowest BCUT2D eigenvalue weighted by Gasteiger charge is -2.03. The van der Waals surface area contributed by atoms with Crippen LogP contribution in [0.1, 0.15) is 44.6 Å². The molecule has 7 heteroatoms. The molecule has 0 aliphatic rings. The molecule has 0 spiro atoms. The molecular formula is C19H16F2N2O3. The van der Waals surface area contributed by atoms with E-state index in [1.165, 1.54) is 0 Å². The molecular weight excluding hydrogens is 342 g/mol. The van der Waals surface area contributed by atoms with Gasteiger partial charge in [0.05, 0.1) is 17.9 Å². The number of H-pyrrole nitrogens is 1. The lowest BCUT2D eigenvalue weighted by atomic mass is 10.0. The number of Topliss-reactive ketones (excluding diaryl/α,β-unsaturated/α-hetero) is 1. The predicted molar refractivity (Wildman–Crippen MR) is 90.5 cm³/mol. The van der Waals surface area contributed by atoms with Gasteiger partial charge in [0.2, 0.25) is 5.78 Å². The number of hydrogen-bond acceptors (Lipinski definition) is 4. The van der Waals surface area contributed by atoms with Crippen LogP contribution in [0.4, 0.5) is 8.78 Å². The van der Waals surface area contributed by atoms with Crippen molar-refractivity contribution in [2.75, 3.05) is 6.61 Å². The molecule has 0 saturated carbocycles. The number of halogens is 2. The molecule has 0 fully saturated rings. The third kappa shape index (κ3) is 3.70. The fourth-order valence-electron chi connectivity index (χ4n) is 2.55. The van der Waals surface area contributed by atoms with Crippen LogP contribution < -0.4 is 0 Å². The van der Waals surface area contributed by atoms with Gasteiger partial charge >= 0.3 is 5.97 Å². The third-order valence-corrected chi connectivity index (χ3v) is 3.77. The zero-order valence-corrected chi connectivity index (χ0v) is 14.4. The summed E-state index contributed by atoms with van der Waals surface area (Å²) < 4.78 is 32.0. The smallest absolute Gasteiger partial charge is 0.340 e. The van der Waals surface area contributed by atoms with Gasteiger partial charge in [0, 0.05) is 11.3 Å². The van der Waals surface area contributed by atoms with Crippen LogP contribution in [0.5, 0.6) is 0 Å². The summed E-state index contributed by atoms with van der Waals surface area (Å²) >= 11 is 0. The first-order valence-corrected chi connectivity index (χ1v) is 7.78. The Hall–Kier alpha value is -3.27. The van der Waals surface area contributed by atoms with Crippen molar-refractivity contribution in [3.63, 3.8) is 0 Å². The molecule has 2 rings (SSSR count). The third-order valence-electron chi connectivity index (χ3n) is 3.77. The Morgan fingerprint density at radius 3 is 2.62 bits per heavy atom. The van der Waals surface area contributed by atoms with Gasteiger partial charge in [0.25, 0.3) is 0 Å². The van der Waals surface area contributed by atoms with Gasteiger partial charge in [-0.05, 0) is 50.6 Å². The molecule has 0 unspecified atom stereocenters. The van der Waals surface area contributed by atoms with Crippen molar-refractivity contribution in [2.45, 2.75) is 20.8 Å². The average Bonchev–Trinajstić information content (AvgIpc) is 2.89. The van der Waals surface area contributed by atoms with Crippen LogP contribution in [-0.4, -0.2) is 23.3 Å². The van der Waals surface area contributed by atoms with Crippen molar-refractivity contribution in [1.29, 1.82) is 5.26 Å². The fraction of sp³-hybridized carbons (Fsp3) is 0.211. The molecule has 1 heterocycles. The Balaban J connectivity index is 2.49. The quantitative estimate of drug-likeness (QED) is 0.381. The number of allylic oxidation sites excluding steroid dienone is 1. The van der Waals surface area contributed by atoms with Crippen LogP contribution in [-0.2, 0) is 4.74 Å². The average molecular weight is 358 g/mol. The number of hydrogen-bond donors (Lipinski definition) is 1. The molecule has 0 radical (unpaired) electrons. The summed E-state index contributed by atoms with van der Waals surface area (Å²) in [6.07, 6.45) is 0.973. The number of ether oxygens (including phenoxy) is 1. The van der Waals surface area contributed by atoms with E-state index in [1.54, 1.807) is 26.8 Å². The standard InChI is InChI=1S/C19H16F2N2O3/c1-4-26-19(25)16-10(2)17(23-11(16)3)18(24)13(9-22)7-12-8-14(20)5-6-15(12)21/h5-8,23H,4H2,1-3H3. The number of ketones is 1. The van der Waals surface area contributed by atoms with Crippen molar-refractivity contribution in [3.05, 3.63) is 63.5 Å². The number of esters is 1. The first kappa shape index (κ1) is 19.1. The maximum Gasteiger partial charge on any atom is 0.340 e. The maximum absolute atomic E-state index is 13.8. The highest BCUT2D eigenvalue weighted by molar-refractivity contribution is 6.15. The number of rotatable bonds is 5. The molecule has 0 aliphatic carbocycles. The van der Waals surface area contributed by atoms with Gasteiger partial charge in [-0.15, -0.1) is 0 Å². The number of carbonyl (C=O) groups is 2. The molecule has 0 aliphatic heterocycles. The highest BCUT2D eigenvalue weighted by atomic mass is 19.1. The van der Waals surface area contributed by atoms with Gasteiger partial charge in [0.15, 0.2) is 0 Å². The molecule has 0 bridgehead atoms. The Morgan fingerprint density at radius 1 is 1.31 bits per heavy atom. The van der Waals surface area contributed by atoms with Gasteiger partial charge < -0.3 is 9.72 Å². The molecule has 0 saturated heterocycles. The Kier molecular flexibility index (Phi) is 5.68. The minimum absolute atomic E-state index is 0.0233. The lowest BCUT2D eigenvalue weighted by molar-refractivity contribution is 0.0525. The second-order valence-electron chi connectivity index (χ2n) is 5.51. The van der Waals surface area contributed by atoms with Crippen LogP contribution in [0.2, 0.25) is 0 Å². The van der Waals surface area contributed by atoms with E-state index in [-0.39, 0.29) is 23.4 Å². The summed E-state index contributed by atoms with van der Waals surface area (Å²) in [5, 5.41) is 9.28. The van der Waals surface area contributed by atoms with Gasteiger partial charge in [0.1, 0.15) is 23.3 Å². The lowest BCUT2D eigenvalue weighted by Crippen LogP contribution is -2.08. The van der Waals surface area contributed by atoms with Crippen LogP contribution in [0.25, 0.3) is 6.08 Å². The van der Waals surface area contributed by atoms with E-state index in [4.69, 9.17) is 4.74 Å². The fourth-order valence-corrected chi connectivity index (χ4v) is 2.55. The number of aryl methyl sites for hydroxylation is 1. The highest BCUT2D eigenvalue weighted by Crippen LogP contribution is 2.23. The van der Waals surface area contributed by atoms with Crippen molar-refractivity contribution in [3.8, 4) is 6.07 Å². The molecule has 1 N–H and O–H groups in total. The second-order valence-corrected chi connectivity index (χ2v) is 5.51. The Labute approximate surface area is 148 Å². The Morgan fingerprint density at radius 2 is 2.00 bits per heavy atom. The van der Waals surface area contributed by atoms with Crippen molar-refractivity contribution < 1.29 is 23.1 Å². The van der Waals surface area contributed by atoms with Gasteiger partial charge in [-0.25, -0.2) is 13.6 Å². The summed E-state index contributed by atoms with van der Waals surface area (Å²) in [7, 11) is 0. The molecule has 0 atom stereocenters. The second kappa shape index (κ2) is 7.74. The van der Waals surface area contributed by atoms with Crippen LogP contribution in [0.3, 0.4) is 0 Å². The minimum atomic E-state index is -0.765. The first-order chi connectivity index (χ1) is 12.3. The minimum Gasteiger partial charge on any atom is -0.462 e. The van der Waals surface area contributed by atoms with E-state index in [9.17, 15) is 23.6 Å². The van der Waals surface area contributed by atoms with Crippen LogP contribution in [0.15, 0.2) is 23.8 Å². The first-order valence-electron chi connectivity index (χ1n) is 7.78. The van der Waals surface area contributed by atoms with E-state index in [2.05, 4.69) is 4.98 Å². The molecule has 5 nitrogen and oxygen atoms in total. The van der Waals surface area contributed by atoms with E-state index in [0.717, 1.165) is 24.3 Å². The number of nitrogens with zero attached hydrogens (tertiary/aromatic N) is 1. The summed E-state index contributed by atoms with van der Waals surface area (Å²) in [4.78, 5) is 27.4. The molecule has 1 aromatic heterocycles. The van der Waals surface area contributed by atoms with E-state index < -0.39 is 29.0 Å². The van der Waals surface area contributed by atoms with Gasteiger partial charge in [-0.1, -0.05) is 0 Å². The normalized spacial score (nSPS) is 11.2. The topological polar surface area (TPSA) is 83.0 Å². The van der Waals surface area contributed by atoms with Crippen LogP contribution in [0, 0.1) is 36.8 Å². The van der Waals surface area contributed by atoms with Crippen molar-refractivity contribution in [2.24, 2.45) is 0 Å². The molecule has 0 amide bonds. The highest BCUT2D eigenvalue weighted by Gasteiger charge is 2.25. The number of aromatic nitrogens is 1. The predicted octanol–water partition coefficient (Wildman–Crippen LogP) is 3.88. The molecule has 134 valence electrons. The monoisotopic (exact) mass is 358 g/mol. The van der Waals surface area contributed by atoms with E-state index >= 15 is 0 Å². The van der Waals surface area contributed by atoms with Crippen LogP contribution >= 0.6 is 0 Å². The largest absolute Gasteiger partial charge is 0.462 e. The van der Waals surface area contributed by atoms with Crippen molar-refractivity contribution in [1.82, 2.24) is 4.98 Å². The van der Waals surface area contributed by atoms with E-state index in [1.807, 2.05) is 0 Å². The number of benzene rings is 1.